The molecule has 1 rings (SSSR count). The van der Waals surface area contributed by atoms with Crippen LogP contribution in [0.3, 0.4) is 0 Å². The van der Waals surface area contributed by atoms with E-state index in [1.54, 1.807) is 0 Å². The van der Waals surface area contributed by atoms with E-state index in [2.05, 4.69) is 6.92 Å². The van der Waals surface area contributed by atoms with Gasteiger partial charge in [-0.25, -0.2) is 9.59 Å². The van der Waals surface area contributed by atoms with Crippen LogP contribution in [0.25, 0.3) is 0 Å². The molecule has 0 aromatic heterocycles. The minimum Gasteiger partial charge on any atom is -0.463 e. The topological polar surface area (TPSA) is 52.6 Å². The summed E-state index contributed by atoms with van der Waals surface area (Å²) in [6, 6.07) is 0. The summed E-state index contributed by atoms with van der Waals surface area (Å²) in [5.41, 5.74) is 0. The smallest absolute Gasteiger partial charge is 0.331 e. The molecule has 1 unspecified atom stereocenters. The first-order valence-corrected chi connectivity index (χ1v) is 9.19. The third-order valence-corrected chi connectivity index (χ3v) is 4.46. The van der Waals surface area contributed by atoms with Crippen LogP contribution in [0.1, 0.15) is 78.1 Å². The van der Waals surface area contributed by atoms with Gasteiger partial charge >= 0.3 is 11.9 Å². The first kappa shape index (κ1) is 19.7. The van der Waals surface area contributed by atoms with Crippen LogP contribution >= 0.6 is 0 Å². The van der Waals surface area contributed by atoms with Gasteiger partial charge in [-0.3, -0.25) is 0 Å². The third kappa shape index (κ3) is 9.42. The molecule has 1 aliphatic carbocycles. The minimum absolute atomic E-state index is 0.0752. The van der Waals surface area contributed by atoms with Crippen molar-refractivity contribution in [1.82, 2.24) is 0 Å². The average Bonchev–Trinajstić information content (AvgIpc) is 3.06. The van der Waals surface area contributed by atoms with E-state index in [0.29, 0.717) is 12.5 Å². The number of carbonyl (C=O) groups excluding carboxylic acids is 2. The molecule has 0 radical (unpaired) electrons. The highest BCUT2D eigenvalue weighted by Crippen LogP contribution is 2.29. The van der Waals surface area contributed by atoms with Crippen molar-refractivity contribution in [2.24, 2.45) is 5.92 Å². The number of ether oxygens (including phenoxy) is 2. The fourth-order valence-electron chi connectivity index (χ4n) is 2.98. The summed E-state index contributed by atoms with van der Waals surface area (Å²) in [7, 11) is 0. The lowest BCUT2D eigenvalue weighted by atomic mass is 10.0. The van der Waals surface area contributed by atoms with Crippen molar-refractivity contribution in [2.45, 2.75) is 84.2 Å². The second-order valence-electron chi connectivity index (χ2n) is 6.46. The van der Waals surface area contributed by atoms with Gasteiger partial charge in [-0.05, 0) is 32.1 Å². The molecule has 4 nitrogen and oxygen atoms in total. The highest BCUT2D eigenvalue weighted by atomic mass is 16.5. The molecule has 0 bridgehead atoms. The van der Waals surface area contributed by atoms with E-state index in [1.165, 1.54) is 50.7 Å². The molecule has 1 atom stereocenters. The Kier molecular flexibility index (Phi) is 10.4. The highest BCUT2D eigenvalue weighted by Gasteiger charge is 2.23. The lowest BCUT2D eigenvalue weighted by Crippen LogP contribution is -2.21. The van der Waals surface area contributed by atoms with Gasteiger partial charge in [0.1, 0.15) is 6.10 Å². The summed E-state index contributed by atoms with van der Waals surface area (Å²) in [5, 5.41) is 0. The monoisotopic (exact) mass is 324 g/mol. The number of rotatable bonds is 11. The van der Waals surface area contributed by atoms with E-state index in [1.807, 2.05) is 6.92 Å². The zero-order valence-corrected chi connectivity index (χ0v) is 14.7. The van der Waals surface area contributed by atoms with Gasteiger partial charge in [0, 0.05) is 12.2 Å². The van der Waals surface area contributed by atoms with Crippen LogP contribution in [0.15, 0.2) is 12.2 Å². The molecule has 0 aromatic carbocycles. The molecule has 0 saturated heterocycles. The Hall–Kier alpha value is -1.32. The maximum atomic E-state index is 11.7. The maximum Gasteiger partial charge on any atom is 0.331 e. The molecule has 1 aliphatic rings. The van der Waals surface area contributed by atoms with E-state index in [4.69, 9.17) is 9.47 Å². The molecule has 0 aliphatic heterocycles. The minimum atomic E-state index is -0.468. The molecule has 0 spiro atoms. The Labute approximate surface area is 140 Å². The lowest BCUT2D eigenvalue weighted by molar-refractivity contribution is -0.145. The van der Waals surface area contributed by atoms with Gasteiger partial charge in [0.25, 0.3) is 0 Å². The molecule has 0 N–H and O–H groups in total. The van der Waals surface area contributed by atoms with Crippen LogP contribution in [-0.2, 0) is 19.1 Å². The van der Waals surface area contributed by atoms with Crippen LogP contribution < -0.4 is 0 Å². The van der Waals surface area contributed by atoms with Crippen LogP contribution in [0.5, 0.6) is 0 Å². The zero-order valence-electron chi connectivity index (χ0n) is 14.7. The number of unbranched alkanes of at least 4 members (excludes halogenated alkanes) is 5. The second-order valence-corrected chi connectivity index (χ2v) is 6.46. The van der Waals surface area contributed by atoms with Crippen molar-refractivity contribution >= 4 is 11.9 Å². The van der Waals surface area contributed by atoms with Crippen molar-refractivity contribution in [3.63, 3.8) is 0 Å². The Morgan fingerprint density at radius 1 is 1.00 bits per heavy atom. The summed E-state index contributed by atoms with van der Waals surface area (Å²) in [6.45, 7) is 4.54. The molecular formula is C19H32O4. The van der Waals surface area contributed by atoms with Gasteiger partial charge in [0.05, 0.1) is 6.61 Å². The predicted octanol–water partition coefficient (Wildman–Crippen LogP) is 4.57. The van der Waals surface area contributed by atoms with E-state index < -0.39 is 11.9 Å². The molecule has 0 heterocycles. The van der Waals surface area contributed by atoms with Crippen LogP contribution in [0.2, 0.25) is 0 Å². The van der Waals surface area contributed by atoms with E-state index in [0.717, 1.165) is 25.7 Å². The second kappa shape index (κ2) is 12.1. The summed E-state index contributed by atoms with van der Waals surface area (Å²) >= 11 is 0. The van der Waals surface area contributed by atoms with Gasteiger partial charge in [-0.15, -0.1) is 0 Å². The maximum absolute atomic E-state index is 11.7. The largest absolute Gasteiger partial charge is 0.463 e. The van der Waals surface area contributed by atoms with Gasteiger partial charge in [-0.2, -0.15) is 0 Å². The van der Waals surface area contributed by atoms with Gasteiger partial charge in [-0.1, -0.05) is 51.9 Å². The summed E-state index contributed by atoms with van der Waals surface area (Å²) < 4.78 is 10.4. The van der Waals surface area contributed by atoms with E-state index in [-0.39, 0.29) is 6.10 Å². The molecule has 0 amide bonds. The number of hydrogen-bond acceptors (Lipinski definition) is 4. The molecule has 4 heteroatoms. The van der Waals surface area contributed by atoms with Crippen LogP contribution in [0, 0.1) is 5.92 Å². The van der Waals surface area contributed by atoms with Crippen molar-refractivity contribution < 1.29 is 19.1 Å². The number of hydrogen-bond donors (Lipinski definition) is 0. The summed E-state index contributed by atoms with van der Waals surface area (Å²) in [6.07, 6.45) is 13.8. The molecule has 1 fully saturated rings. The van der Waals surface area contributed by atoms with Gasteiger partial charge < -0.3 is 9.47 Å². The van der Waals surface area contributed by atoms with Gasteiger partial charge in [0.15, 0.2) is 0 Å². The first-order valence-electron chi connectivity index (χ1n) is 9.19. The Bertz CT molecular complexity index is 370. The quantitative estimate of drug-likeness (QED) is 0.317. The zero-order chi connectivity index (χ0) is 16.9. The normalized spacial score (nSPS) is 16.6. The predicted molar refractivity (Wildman–Crippen MR) is 91.0 cm³/mol. The first-order chi connectivity index (χ1) is 11.1. The SMILES string of the molecule is CCCCCCCCOC(=O)/C=C/C(=O)OC(C)C1CCCC1. The molecule has 0 aromatic rings. The molecular weight excluding hydrogens is 292 g/mol. The summed E-state index contributed by atoms with van der Waals surface area (Å²) in [4.78, 5) is 23.2. The average molecular weight is 324 g/mol. The lowest BCUT2D eigenvalue weighted by Gasteiger charge is -2.18. The summed E-state index contributed by atoms with van der Waals surface area (Å²) in [5.74, 6) is -0.461. The van der Waals surface area contributed by atoms with Crippen molar-refractivity contribution in [1.29, 1.82) is 0 Å². The Morgan fingerprint density at radius 3 is 2.30 bits per heavy atom. The Balaban J connectivity index is 2.07. The van der Waals surface area contributed by atoms with Gasteiger partial charge in [0.2, 0.25) is 0 Å². The van der Waals surface area contributed by atoms with E-state index >= 15 is 0 Å². The highest BCUT2D eigenvalue weighted by molar-refractivity contribution is 5.91. The number of carbonyl (C=O) groups is 2. The van der Waals surface area contributed by atoms with Crippen molar-refractivity contribution in [3.05, 3.63) is 12.2 Å². The molecule has 23 heavy (non-hydrogen) atoms. The fourth-order valence-corrected chi connectivity index (χ4v) is 2.98. The third-order valence-electron chi connectivity index (χ3n) is 4.46. The Morgan fingerprint density at radius 2 is 1.61 bits per heavy atom. The molecule has 1 saturated carbocycles. The van der Waals surface area contributed by atoms with E-state index in [9.17, 15) is 9.59 Å². The fraction of sp³-hybridized carbons (Fsp3) is 0.789. The van der Waals surface area contributed by atoms with Crippen LogP contribution in [-0.4, -0.2) is 24.6 Å². The van der Waals surface area contributed by atoms with Crippen molar-refractivity contribution in [2.75, 3.05) is 6.61 Å². The molecule has 132 valence electrons. The van der Waals surface area contributed by atoms with Crippen LogP contribution in [0.4, 0.5) is 0 Å². The number of esters is 2. The van der Waals surface area contributed by atoms with Crippen molar-refractivity contribution in [3.8, 4) is 0 Å². The standard InChI is InChI=1S/C19H32O4/c1-3-4-5-6-7-10-15-22-18(20)13-14-19(21)23-16(2)17-11-8-9-12-17/h13-14,16-17H,3-12,15H2,1-2H3/b14-13+.